The van der Waals surface area contributed by atoms with Crippen molar-refractivity contribution in [2.75, 3.05) is 24.2 Å². The van der Waals surface area contributed by atoms with E-state index in [1.54, 1.807) is 24.3 Å². The maximum Gasteiger partial charge on any atom is 0.232 e. The number of carbonyl (C=O) groups excluding carboxylic acids is 1. The van der Waals surface area contributed by atoms with Crippen molar-refractivity contribution in [3.8, 4) is 5.75 Å². The summed E-state index contributed by atoms with van der Waals surface area (Å²) in [6.07, 6.45) is 1.80. The molecule has 0 bridgehead atoms. The Kier molecular flexibility index (Phi) is 7.24. The third kappa shape index (κ3) is 6.29. The number of ether oxygens (including phenoxy) is 1. The largest absolute Gasteiger partial charge is 0.495 e. The van der Waals surface area contributed by atoms with Crippen LogP contribution in [-0.2, 0) is 21.4 Å². The highest BCUT2D eigenvalue weighted by Crippen LogP contribution is 2.29. The molecule has 2 aromatic rings. The summed E-state index contributed by atoms with van der Waals surface area (Å²) in [7, 11) is -1.99. The summed E-state index contributed by atoms with van der Waals surface area (Å²) < 4.78 is 30.9. The van der Waals surface area contributed by atoms with E-state index in [9.17, 15) is 13.2 Å². The molecule has 0 heterocycles. The number of hydrogen-bond donors (Lipinski definition) is 1. The molecular formula is C20H26N2O4S. The molecule has 146 valence electrons. The smallest absolute Gasteiger partial charge is 0.232 e. The molecule has 2 rings (SSSR count). The van der Waals surface area contributed by atoms with Gasteiger partial charge in [-0.05, 0) is 31.0 Å². The Morgan fingerprint density at radius 2 is 1.89 bits per heavy atom. The fourth-order valence-electron chi connectivity index (χ4n) is 2.80. The number of nitrogens with zero attached hydrogens (tertiary/aromatic N) is 1. The molecule has 0 saturated heterocycles. The van der Waals surface area contributed by atoms with E-state index in [0.29, 0.717) is 24.4 Å². The highest BCUT2D eigenvalue weighted by Gasteiger charge is 2.20. The number of benzene rings is 2. The maximum atomic E-state index is 12.2. The van der Waals surface area contributed by atoms with Crippen molar-refractivity contribution in [1.29, 1.82) is 0 Å². The second-order valence-electron chi connectivity index (χ2n) is 6.38. The van der Waals surface area contributed by atoms with Gasteiger partial charge >= 0.3 is 0 Å². The van der Waals surface area contributed by atoms with Crippen LogP contribution in [0.3, 0.4) is 0 Å². The third-order valence-corrected chi connectivity index (χ3v) is 5.27. The van der Waals surface area contributed by atoms with Crippen LogP contribution in [0, 0.1) is 6.92 Å². The first-order valence-corrected chi connectivity index (χ1v) is 10.6. The van der Waals surface area contributed by atoms with E-state index in [1.807, 2.05) is 31.2 Å². The molecule has 1 N–H and O–H groups in total. The normalized spacial score (nSPS) is 11.1. The van der Waals surface area contributed by atoms with Gasteiger partial charge in [0, 0.05) is 19.5 Å². The second kappa shape index (κ2) is 9.41. The quantitative estimate of drug-likeness (QED) is 0.714. The van der Waals surface area contributed by atoms with Crippen molar-refractivity contribution in [3.05, 3.63) is 59.7 Å². The number of amides is 1. The molecule has 0 spiro atoms. The van der Waals surface area contributed by atoms with Crippen LogP contribution in [0.4, 0.5) is 5.69 Å². The Labute approximate surface area is 161 Å². The van der Waals surface area contributed by atoms with Crippen LogP contribution in [0.15, 0.2) is 48.5 Å². The van der Waals surface area contributed by atoms with E-state index in [0.717, 1.165) is 17.4 Å². The number of methoxy groups -OCH3 is 1. The molecule has 0 radical (unpaired) electrons. The van der Waals surface area contributed by atoms with Gasteiger partial charge in [0.05, 0.1) is 19.1 Å². The lowest BCUT2D eigenvalue weighted by molar-refractivity contribution is -0.121. The van der Waals surface area contributed by atoms with Gasteiger partial charge in [0.25, 0.3) is 0 Å². The van der Waals surface area contributed by atoms with Crippen LogP contribution in [0.2, 0.25) is 0 Å². The minimum atomic E-state index is -3.49. The summed E-state index contributed by atoms with van der Waals surface area (Å²) in [5.74, 6) is 0.372. The van der Waals surface area contributed by atoms with Crippen LogP contribution in [0.1, 0.15) is 24.0 Å². The van der Waals surface area contributed by atoms with E-state index in [4.69, 9.17) is 4.74 Å². The number of nitrogens with one attached hydrogen (secondary N) is 1. The van der Waals surface area contributed by atoms with Crippen LogP contribution in [-0.4, -0.2) is 34.2 Å². The number of aryl methyl sites for hydroxylation is 1. The lowest BCUT2D eigenvalue weighted by atomic mass is 10.1. The minimum Gasteiger partial charge on any atom is -0.495 e. The molecule has 0 saturated carbocycles. The van der Waals surface area contributed by atoms with Gasteiger partial charge in [-0.15, -0.1) is 0 Å². The van der Waals surface area contributed by atoms with Crippen LogP contribution in [0.25, 0.3) is 0 Å². The average Bonchev–Trinajstić information content (AvgIpc) is 2.62. The van der Waals surface area contributed by atoms with Crippen molar-refractivity contribution in [1.82, 2.24) is 5.32 Å². The lowest BCUT2D eigenvalue weighted by Gasteiger charge is -2.24. The summed E-state index contributed by atoms with van der Waals surface area (Å²) in [5, 5.41) is 2.87. The summed E-state index contributed by atoms with van der Waals surface area (Å²) in [5.41, 5.74) is 2.65. The summed E-state index contributed by atoms with van der Waals surface area (Å²) in [4.78, 5) is 12.1. The molecule has 0 fully saturated rings. The first-order valence-electron chi connectivity index (χ1n) is 8.74. The fourth-order valence-corrected chi connectivity index (χ4v) is 3.76. The monoisotopic (exact) mass is 390 g/mol. The Balaban J connectivity index is 1.93. The van der Waals surface area contributed by atoms with Crippen molar-refractivity contribution in [2.45, 2.75) is 26.3 Å². The maximum absolute atomic E-state index is 12.2. The number of hydrogen-bond acceptors (Lipinski definition) is 4. The van der Waals surface area contributed by atoms with Gasteiger partial charge in [-0.2, -0.15) is 0 Å². The zero-order chi connectivity index (χ0) is 19.9. The number of sulfonamides is 1. The standard InChI is InChI=1S/C20H26N2O4S/c1-16-8-6-9-17(14-16)15-21-20(23)12-7-13-22(27(3,24)25)18-10-4-5-11-19(18)26-2/h4-6,8-11,14H,7,12-13,15H2,1-3H3,(H,21,23). The van der Waals surface area contributed by atoms with Gasteiger partial charge < -0.3 is 10.1 Å². The Morgan fingerprint density at radius 1 is 1.15 bits per heavy atom. The Hall–Kier alpha value is -2.54. The third-order valence-electron chi connectivity index (χ3n) is 4.09. The van der Waals surface area contributed by atoms with E-state index in [-0.39, 0.29) is 18.9 Å². The minimum absolute atomic E-state index is 0.106. The summed E-state index contributed by atoms with van der Waals surface area (Å²) >= 11 is 0. The van der Waals surface area contributed by atoms with Gasteiger partial charge in [0.1, 0.15) is 5.75 Å². The topological polar surface area (TPSA) is 75.7 Å². The molecule has 2 aromatic carbocycles. The van der Waals surface area contributed by atoms with Crippen molar-refractivity contribution in [2.24, 2.45) is 0 Å². The van der Waals surface area contributed by atoms with Gasteiger partial charge in [-0.3, -0.25) is 9.10 Å². The fraction of sp³-hybridized carbons (Fsp3) is 0.350. The number of rotatable bonds is 9. The molecule has 1 amide bonds. The molecule has 27 heavy (non-hydrogen) atoms. The van der Waals surface area contributed by atoms with Gasteiger partial charge in [-0.25, -0.2) is 8.42 Å². The summed E-state index contributed by atoms with van der Waals surface area (Å²) in [6, 6.07) is 14.9. The first-order chi connectivity index (χ1) is 12.8. The van der Waals surface area contributed by atoms with E-state index in [1.165, 1.54) is 11.4 Å². The van der Waals surface area contributed by atoms with Crippen LogP contribution >= 0.6 is 0 Å². The molecular weight excluding hydrogens is 364 g/mol. The van der Waals surface area contributed by atoms with Crippen LogP contribution in [0.5, 0.6) is 5.75 Å². The van der Waals surface area contributed by atoms with Gasteiger partial charge in [-0.1, -0.05) is 42.0 Å². The molecule has 6 nitrogen and oxygen atoms in total. The second-order valence-corrected chi connectivity index (χ2v) is 8.28. The van der Waals surface area contributed by atoms with Crippen molar-refractivity contribution < 1.29 is 17.9 Å². The molecule has 0 atom stereocenters. The molecule has 0 aliphatic carbocycles. The van der Waals surface area contributed by atoms with Gasteiger partial charge in [0.2, 0.25) is 15.9 Å². The highest BCUT2D eigenvalue weighted by atomic mass is 32.2. The van der Waals surface area contributed by atoms with Gasteiger partial charge in [0.15, 0.2) is 0 Å². The highest BCUT2D eigenvalue weighted by molar-refractivity contribution is 7.92. The molecule has 0 aliphatic rings. The molecule has 7 heteroatoms. The zero-order valence-corrected chi connectivity index (χ0v) is 16.8. The van der Waals surface area contributed by atoms with E-state index < -0.39 is 10.0 Å². The van der Waals surface area contributed by atoms with Crippen molar-refractivity contribution in [3.63, 3.8) is 0 Å². The number of anilines is 1. The zero-order valence-electron chi connectivity index (χ0n) is 15.9. The average molecular weight is 391 g/mol. The lowest BCUT2D eigenvalue weighted by Crippen LogP contribution is -2.32. The Morgan fingerprint density at radius 3 is 2.56 bits per heavy atom. The SMILES string of the molecule is COc1ccccc1N(CCCC(=O)NCc1cccc(C)c1)S(C)(=O)=O. The first kappa shape index (κ1) is 20.8. The van der Waals surface area contributed by atoms with Crippen molar-refractivity contribution >= 4 is 21.6 Å². The molecule has 0 aliphatic heterocycles. The predicted octanol–water partition coefficient (Wildman–Crippen LogP) is 2.87. The van der Waals surface area contributed by atoms with E-state index in [2.05, 4.69) is 5.32 Å². The molecule has 0 aromatic heterocycles. The Bertz CT molecular complexity index is 881. The van der Waals surface area contributed by atoms with Crippen LogP contribution < -0.4 is 14.4 Å². The molecule has 0 unspecified atom stereocenters. The van der Waals surface area contributed by atoms with E-state index >= 15 is 0 Å². The summed E-state index contributed by atoms with van der Waals surface area (Å²) in [6.45, 7) is 2.67. The number of para-hydroxylation sites is 2. The predicted molar refractivity (Wildman–Crippen MR) is 107 cm³/mol. The number of carbonyl (C=O) groups is 1.